The van der Waals surface area contributed by atoms with Gasteiger partial charge in [-0.15, -0.1) is 11.3 Å². The number of nitrogens with zero attached hydrogens (tertiary/aromatic N) is 1. The smallest absolute Gasteiger partial charge is 0.263 e. The quantitative estimate of drug-likeness (QED) is 0.925. The number of piperidine rings is 1. The maximum absolute atomic E-state index is 12.5. The highest BCUT2D eigenvalue weighted by atomic mass is 32.1. The molecule has 1 aromatic rings. The lowest BCUT2D eigenvalue weighted by Crippen LogP contribution is -2.51. The van der Waals surface area contributed by atoms with E-state index >= 15 is 0 Å². The number of rotatable bonds is 4. The molecule has 1 amide bonds. The van der Waals surface area contributed by atoms with E-state index in [2.05, 4.69) is 12.2 Å². The Kier molecular flexibility index (Phi) is 4.41. The highest BCUT2D eigenvalue weighted by molar-refractivity contribution is 7.12. The Morgan fingerprint density at radius 1 is 1.45 bits per heavy atom. The van der Waals surface area contributed by atoms with Gasteiger partial charge in [-0.3, -0.25) is 4.79 Å². The fraction of sp³-hybridized carbons (Fsp3) is 0.688. The van der Waals surface area contributed by atoms with Crippen molar-refractivity contribution in [2.75, 3.05) is 19.6 Å². The minimum absolute atomic E-state index is 0.210. The summed E-state index contributed by atoms with van der Waals surface area (Å²) in [7, 11) is 0. The number of carbonyl (C=O) groups is 1. The molecule has 1 aromatic heterocycles. The van der Waals surface area contributed by atoms with Crippen LogP contribution in [0.25, 0.3) is 0 Å². The van der Waals surface area contributed by atoms with Gasteiger partial charge in [0.15, 0.2) is 0 Å². The molecule has 2 fully saturated rings. The van der Waals surface area contributed by atoms with E-state index < -0.39 is 0 Å². The topological polar surface area (TPSA) is 32.3 Å². The van der Waals surface area contributed by atoms with E-state index in [0.717, 1.165) is 30.4 Å². The van der Waals surface area contributed by atoms with Crippen LogP contribution in [0.4, 0.5) is 0 Å². The number of nitrogens with one attached hydrogen (secondary N) is 1. The minimum atomic E-state index is 0.210. The third-order valence-electron chi connectivity index (χ3n) is 4.60. The van der Waals surface area contributed by atoms with Crippen LogP contribution in [0.3, 0.4) is 0 Å². The first-order valence-electron chi connectivity index (χ1n) is 7.78. The number of hydrogen-bond donors (Lipinski definition) is 1. The Balaban J connectivity index is 1.56. The zero-order valence-corrected chi connectivity index (χ0v) is 13.0. The summed E-state index contributed by atoms with van der Waals surface area (Å²) in [4.78, 5) is 15.4. The maximum atomic E-state index is 12.5. The summed E-state index contributed by atoms with van der Waals surface area (Å²) in [6, 6.07) is 4.36. The van der Waals surface area contributed by atoms with Gasteiger partial charge in [-0.2, -0.15) is 0 Å². The van der Waals surface area contributed by atoms with Gasteiger partial charge in [0.05, 0.1) is 4.88 Å². The van der Waals surface area contributed by atoms with Crippen molar-refractivity contribution in [2.45, 2.75) is 38.6 Å². The second-order valence-electron chi connectivity index (χ2n) is 6.43. The van der Waals surface area contributed by atoms with E-state index in [1.165, 1.54) is 25.7 Å². The van der Waals surface area contributed by atoms with Crippen LogP contribution in [0, 0.1) is 11.8 Å². The molecule has 1 saturated carbocycles. The summed E-state index contributed by atoms with van der Waals surface area (Å²) in [5, 5.41) is 5.67. The summed E-state index contributed by atoms with van der Waals surface area (Å²) < 4.78 is 0. The van der Waals surface area contributed by atoms with E-state index in [-0.39, 0.29) is 5.91 Å². The second-order valence-corrected chi connectivity index (χ2v) is 7.38. The van der Waals surface area contributed by atoms with Crippen molar-refractivity contribution in [1.82, 2.24) is 10.2 Å². The molecule has 1 aliphatic carbocycles. The number of thiophene rings is 1. The lowest BCUT2D eigenvalue weighted by atomic mass is 9.85. The van der Waals surface area contributed by atoms with Crippen molar-refractivity contribution >= 4 is 17.2 Å². The average molecular weight is 292 g/mol. The minimum Gasteiger partial charge on any atom is -0.336 e. The van der Waals surface area contributed by atoms with Crippen LogP contribution in [-0.4, -0.2) is 36.5 Å². The van der Waals surface area contributed by atoms with E-state index in [9.17, 15) is 4.79 Å². The fourth-order valence-electron chi connectivity index (χ4n) is 3.25. The first kappa shape index (κ1) is 14.1. The molecule has 2 aliphatic rings. The van der Waals surface area contributed by atoms with Crippen molar-refractivity contribution in [2.24, 2.45) is 11.8 Å². The van der Waals surface area contributed by atoms with Crippen molar-refractivity contribution in [1.29, 1.82) is 0 Å². The third kappa shape index (κ3) is 3.23. The molecule has 3 rings (SSSR count). The standard InChI is InChI=1S/C16H24N2OS/c1-12-8-14(17-9-13-4-2-5-13)11-18(10-12)16(19)15-6-3-7-20-15/h3,6-7,12-14,17H,2,4-5,8-11H2,1H3. The molecule has 2 heterocycles. The van der Waals surface area contributed by atoms with Gasteiger partial charge in [-0.25, -0.2) is 0 Å². The molecule has 1 aliphatic heterocycles. The van der Waals surface area contributed by atoms with Gasteiger partial charge >= 0.3 is 0 Å². The summed E-state index contributed by atoms with van der Waals surface area (Å²) in [5.74, 6) is 1.68. The molecule has 0 radical (unpaired) electrons. The maximum Gasteiger partial charge on any atom is 0.263 e. The van der Waals surface area contributed by atoms with Crippen molar-refractivity contribution < 1.29 is 4.79 Å². The Morgan fingerprint density at radius 3 is 2.95 bits per heavy atom. The molecule has 1 N–H and O–H groups in total. The highest BCUT2D eigenvalue weighted by Gasteiger charge is 2.29. The van der Waals surface area contributed by atoms with Crippen LogP contribution in [0.5, 0.6) is 0 Å². The summed E-state index contributed by atoms with van der Waals surface area (Å²) in [5.41, 5.74) is 0. The molecule has 2 atom stereocenters. The highest BCUT2D eigenvalue weighted by Crippen LogP contribution is 2.26. The Bertz CT molecular complexity index is 441. The normalized spacial score (nSPS) is 27.4. The first-order valence-corrected chi connectivity index (χ1v) is 8.66. The van der Waals surface area contributed by atoms with Gasteiger partial charge in [0.25, 0.3) is 5.91 Å². The monoisotopic (exact) mass is 292 g/mol. The Labute approximate surface area is 125 Å². The predicted molar refractivity (Wildman–Crippen MR) is 83.1 cm³/mol. The van der Waals surface area contributed by atoms with Crippen molar-refractivity contribution in [3.8, 4) is 0 Å². The summed E-state index contributed by atoms with van der Waals surface area (Å²) >= 11 is 1.55. The molecule has 110 valence electrons. The second kappa shape index (κ2) is 6.27. The molecule has 4 heteroatoms. The fourth-order valence-corrected chi connectivity index (χ4v) is 3.94. The van der Waals surface area contributed by atoms with Crippen molar-refractivity contribution in [3.05, 3.63) is 22.4 Å². The molecular weight excluding hydrogens is 268 g/mol. The van der Waals surface area contributed by atoms with Crippen LogP contribution in [0.1, 0.15) is 42.3 Å². The van der Waals surface area contributed by atoms with Crippen LogP contribution in [0.15, 0.2) is 17.5 Å². The van der Waals surface area contributed by atoms with Gasteiger partial charge in [0.1, 0.15) is 0 Å². The predicted octanol–water partition coefficient (Wildman–Crippen LogP) is 2.99. The molecule has 0 spiro atoms. The van der Waals surface area contributed by atoms with Gasteiger partial charge < -0.3 is 10.2 Å². The summed E-state index contributed by atoms with van der Waals surface area (Å²) in [6.45, 7) is 5.16. The molecule has 0 aromatic carbocycles. The van der Waals surface area contributed by atoms with E-state index in [1.807, 2.05) is 22.4 Å². The number of hydrogen-bond acceptors (Lipinski definition) is 3. The SMILES string of the molecule is CC1CC(NCC2CCC2)CN(C(=O)c2cccs2)C1. The average Bonchev–Trinajstić information content (AvgIpc) is 2.89. The lowest BCUT2D eigenvalue weighted by molar-refractivity contribution is 0.0640. The van der Waals surface area contributed by atoms with E-state index in [4.69, 9.17) is 0 Å². The molecular formula is C16H24N2OS. The Morgan fingerprint density at radius 2 is 2.30 bits per heavy atom. The van der Waals surface area contributed by atoms with Gasteiger partial charge in [-0.05, 0) is 49.1 Å². The van der Waals surface area contributed by atoms with Crippen LogP contribution >= 0.6 is 11.3 Å². The molecule has 1 saturated heterocycles. The lowest BCUT2D eigenvalue weighted by Gasteiger charge is -2.38. The van der Waals surface area contributed by atoms with Crippen LogP contribution in [-0.2, 0) is 0 Å². The molecule has 3 nitrogen and oxygen atoms in total. The zero-order chi connectivity index (χ0) is 13.9. The summed E-state index contributed by atoms with van der Waals surface area (Å²) in [6.07, 6.45) is 5.36. The molecule has 0 bridgehead atoms. The van der Waals surface area contributed by atoms with Gasteiger partial charge in [0.2, 0.25) is 0 Å². The van der Waals surface area contributed by atoms with Crippen molar-refractivity contribution in [3.63, 3.8) is 0 Å². The zero-order valence-electron chi connectivity index (χ0n) is 12.2. The first-order chi connectivity index (χ1) is 9.72. The van der Waals surface area contributed by atoms with Gasteiger partial charge in [0, 0.05) is 19.1 Å². The van der Waals surface area contributed by atoms with Crippen LogP contribution < -0.4 is 5.32 Å². The molecule has 2 unspecified atom stereocenters. The number of carbonyl (C=O) groups excluding carboxylic acids is 1. The molecule has 20 heavy (non-hydrogen) atoms. The Hall–Kier alpha value is -0.870. The third-order valence-corrected chi connectivity index (χ3v) is 5.46. The van der Waals surface area contributed by atoms with E-state index in [1.54, 1.807) is 11.3 Å². The van der Waals surface area contributed by atoms with Crippen LogP contribution in [0.2, 0.25) is 0 Å². The van der Waals surface area contributed by atoms with E-state index in [0.29, 0.717) is 12.0 Å². The van der Waals surface area contributed by atoms with Gasteiger partial charge in [-0.1, -0.05) is 19.4 Å². The largest absolute Gasteiger partial charge is 0.336 e. The number of amides is 1. The number of likely N-dealkylation sites (tertiary alicyclic amines) is 1.